The number of phenols is 2. The molecule has 1 aliphatic heterocycles. The Balaban J connectivity index is 1.88. The van der Waals surface area contributed by atoms with Gasteiger partial charge in [0.1, 0.15) is 28.9 Å². The number of hydrogen-bond donors (Lipinski definition) is 2. The lowest BCUT2D eigenvalue weighted by molar-refractivity contribution is -0.199. The minimum atomic E-state index is -0.456. The molecule has 2 bridgehead atoms. The molecule has 1 aromatic rings. The fraction of sp³-hybridized carbons (Fsp3) is 0.652. The van der Waals surface area contributed by atoms with Crippen LogP contribution in [0, 0.1) is 28.6 Å². The van der Waals surface area contributed by atoms with E-state index < -0.39 is 5.75 Å². The van der Waals surface area contributed by atoms with Gasteiger partial charge in [-0.3, -0.25) is 9.59 Å². The number of aldehydes is 1. The van der Waals surface area contributed by atoms with Crippen molar-refractivity contribution in [1.29, 1.82) is 0 Å². The third-order valence-electron chi connectivity index (χ3n) is 7.66. The monoisotopic (exact) mass is 386 g/mol. The number of aromatic hydroxyl groups is 2. The third-order valence-corrected chi connectivity index (χ3v) is 7.66. The number of carbonyl (C=O) groups is 2. The van der Waals surface area contributed by atoms with E-state index in [-0.39, 0.29) is 57.7 Å². The topological polar surface area (TPSA) is 83.8 Å². The fourth-order valence-electron chi connectivity index (χ4n) is 5.92. The SMILES string of the molecule is CC(C)CC(=O)c1c(O)c(C=O)c(O)c2c1O[C@@H]1[C@H]3C[C@H](C[C@]1(C)C2)C3(C)C. The van der Waals surface area contributed by atoms with Crippen LogP contribution in [-0.2, 0) is 6.42 Å². The van der Waals surface area contributed by atoms with E-state index in [1.165, 1.54) is 0 Å². The van der Waals surface area contributed by atoms with E-state index in [1.54, 1.807) is 0 Å². The van der Waals surface area contributed by atoms with E-state index in [9.17, 15) is 19.8 Å². The van der Waals surface area contributed by atoms with Crippen molar-refractivity contribution < 1.29 is 24.5 Å². The first-order chi connectivity index (χ1) is 13.0. The van der Waals surface area contributed by atoms with E-state index >= 15 is 0 Å². The molecule has 1 heterocycles. The summed E-state index contributed by atoms with van der Waals surface area (Å²) >= 11 is 0. The van der Waals surface area contributed by atoms with Crippen molar-refractivity contribution in [3.63, 3.8) is 0 Å². The Morgan fingerprint density at radius 2 is 1.93 bits per heavy atom. The zero-order valence-electron chi connectivity index (χ0n) is 17.3. The molecule has 152 valence electrons. The Kier molecular flexibility index (Phi) is 4.12. The van der Waals surface area contributed by atoms with Gasteiger partial charge in [-0.2, -0.15) is 0 Å². The quantitative estimate of drug-likeness (QED) is 0.587. The zero-order valence-corrected chi connectivity index (χ0v) is 17.3. The van der Waals surface area contributed by atoms with Crippen molar-refractivity contribution >= 4 is 12.1 Å². The summed E-state index contributed by atoms with van der Waals surface area (Å²) in [5.74, 6) is 0.435. The molecule has 0 spiro atoms. The van der Waals surface area contributed by atoms with Crippen molar-refractivity contribution in [1.82, 2.24) is 0 Å². The van der Waals surface area contributed by atoms with E-state index in [4.69, 9.17) is 4.74 Å². The van der Waals surface area contributed by atoms with Crippen LogP contribution >= 0.6 is 0 Å². The molecular formula is C23H30O5. The Morgan fingerprint density at radius 3 is 2.50 bits per heavy atom. The van der Waals surface area contributed by atoms with Gasteiger partial charge >= 0.3 is 0 Å². The summed E-state index contributed by atoms with van der Waals surface area (Å²) in [5.41, 5.74) is 0.382. The van der Waals surface area contributed by atoms with Crippen LogP contribution < -0.4 is 4.74 Å². The number of ether oxygens (including phenoxy) is 1. The normalized spacial score (nSPS) is 32.0. The van der Waals surface area contributed by atoms with E-state index in [0.717, 1.165) is 12.8 Å². The minimum absolute atomic E-state index is 0.0601. The molecular weight excluding hydrogens is 356 g/mol. The van der Waals surface area contributed by atoms with Gasteiger partial charge in [-0.25, -0.2) is 0 Å². The number of hydrogen-bond acceptors (Lipinski definition) is 5. The molecule has 5 heteroatoms. The van der Waals surface area contributed by atoms with Gasteiger partial charge in [0.15, 0.2) is 12.1 Å². The Hall–Kier alpha value is -2.04. The molecule has 3 fully saturated rings. The van der Waals surface area contributed by atoms with E-state index in [0.29, 0.717) is 30.1 Å². The second-order valence-electron chi connectivity index (χ2n) is 10.4. The molecule has 5 nitrogen and oxygen atoms in total. The molecule has 0 radical (unpaired) electrons. The highest BCUT2D eigenvalue weighted by Gasteiger charge is 2.64. The smallest absolute Gasteiger partial charge is 0.170 e. The largest absolute Gasteiger partial charge is 0.507 e. The minimum Gasteiger partial charge on any atom is -0.507 e. The van der Waals surface area contributed by atoms with Crippen LogP contribution in [0.4, 0.5) is 0 Å². The van der Waals surface area contributed by atoms with Gasteiger partial charge in [-0.15, -0.1) is 0 Å². The van der Waals surface area contributed by atoms with Crippen LogP contribution in [0.3, 0.4) is 0 Å². The number of rotatable bonds is 4. The van der Waals surface area contributed by atoms with Crippen molar-refractivity contribution in [2.45, 2.75) is 66.4 Å². The van der Waals surface area contributed by atoms with Gasteiger partial charge in [0, 0.05) is 23.3 Å². The summed E-state index contributed by atoms with van der Waals surface area (Å²) in [4.78, 5) is 24.5. The third kappa shape index (κ3) is 2.44. The number of phenolic OH excluding ortho intramolecular Hbond substituents is 2. The van der Waals surface area contributed by atoms with Crippen molar-refractivity contribution in [2.24, 2.45) is 28.6 Å². The first-order valence-electron chi connectivity index (χ1n) is 10.3. The van der Waals surface area contributed by atoms with Crippen molar-refractivity contribution in [3.05, 3.63) is 16.7 Å². The summed E-state index contributed by atoms with van der Waals surface area (Å²) in [6.07, 6.45) is 3.25. The van der Waals surface area contributed by atoms with Crippen LogP contribution in [0.25, 0.3) is 0 Å². The number of benzene rings is 1. The van der Waals surface area contributed by atoms with Gasteiger partial charge in [0.25, 0.3) is 0 Å². The lowest BCUT2D eigenvalue weighted by atomic mass is 9.41. The average Bonchev–Trinajstić information content (AvgIpc) is 2.59. The molecule has 1 aromatic carbocycles. The molecule has 2 N–H and O–H groups in total. The van der Waals surface area contributed by atoms with Crippen LogP contribution in [0.2, 0.25) is 0 Å². The molecule has 28 heavy (non-hydrogen) atoms. The summed E-state index contributed by atoms with van der Waals surface area (Å²) in [6.45, 7) is 10.6. The zero-order chi connectivity index (χ0) is 20.6. The number of Topliss-reactive ketones (excluding diaryl/α,β-unsaturated/α-hetero) is 1. The van der Waals surface area contributed by atoms with Gasteiger partial charge in [-0.1, -0.05) is 34.6 Å². The number of ketones is 1. The Labute approximate surface area is 166 Å². The van der Waals surface area contributed by atoms with Crippen LogP contribution in [0.15, 0.2) is 0 Å². The molecule has 0 amide bonds. The standard InChI is InChI=1S/C23H30O5/c1-11(2)6-16(25)17-19(27)14(10-24)18(26)13-9-23(5)8-12-7-15(22(12,3)4)21(23)28-20(13)17/h10-12,15,21,26-27H,6-9H2,1-5H3/t12-,15-,21-,23-/m1/s1. The van der Waals surface area contributed by atoms with Crippen LogP contribution in [0.1, 0.15) is 80.2 Å². The molecule has 5 rings (SSSR count). The Morgan fingerprint density at radius 1 is 1.25 bits per heavy atom. The summed E-state index contributed by atoms with van der Waals surface area (Å²) < 4.78 is 6.46. The maximum absolute atomic E-state index is 12.9. The second kappa shape index (κ2) is 5.98. The van der Waals surface area contributed by atoms with Gasteiger partial charge < -0.3 is 14.9 Å². The van der Waals surface area contributed by atoms with E-state index in [1.807, 2.05) is 13.8 Å². The molecule has 0 aromatic heterocycles. The maximum Gasteiger partial charge on any atom is 0.170 e. The molecule has 3 aliphatic carbocycles. The molecule has 3 saturated carbocycles. The highest BCUT2D eigenvalue weighted by molar-refractivity contribution is 6.05. The van der Waals surface area contributed by atoms with Gasteiger partial charge in [0.2, 0.25) is 0 Å². The fourth-order valence-corrected chi connectivity index (χ4v) is 5.92. The molecule has 4 aliphatic rings. The summed E-state index contributed by atoms with van der Waals surface area (Å²) in [6, 6.07) is 0. The molecule has 4 atom stereocenters. The van der Waals surface area contributed by atoms with Gasteiger partial charge in [-0.05, 0) is 36.5 Å². The van der Waals surface area contributed by atoms with E-state index in [2.05, 4.69) is 20.8 Å². The summed E-state index contributed by atoms with van der Waals surface area (Å²) in [5, 5.41) is 21.4. The van der Waals surface area contributed by atoms with Crippen molar-refractivity contribution in [3.8, 4) is 17.2 Å². The van der Waals surface area contributed by atoms with Crippen LogP contribution in [-0.4, -0.2) is 28.4 Å². The lowest BCUT2D eigenvalue weighted by Gasteiger charge is -2.66. The highest BCUT2D eigenvalue weighted by atomic mass is 16.5. The summed E-state index contributed by atoms with van der Waals surface area (Å²) in [7, 11) is 0. The van der Waals surface area contributed by atoms with Gasteiger partial charge in [0.05, 0.1) is 5.56 Å². The lowest BCUT2D eigenvalue weighted by Crippen LogP contribution is -2.65. The predicted octanol–water partition coefficient (Wildman–Crippen LogP) is 4.51. The first-order valence-corrected chi connectivity index (χ1v) is 10.3. The molecule has 0 unspecified atom stereocenters. The molecule has 0 saturated heterocycles. The van der Waals surface area contributed by atoms with Crippen LogP contribution in [0.5, 0.6) is 17.2 Å². The number of fused-ring (bicyclic) bond motifs is 1. The Bertz CT molecular complexity index is 868. The number of carbonyl (C=O) groups excluding carboxylic acids is 2. The first kappa shape index (κ1) is 19.3. The predicted molar refractivity (Wildman–Crippen MR) is 105 cm³/mol. The highest BCUT2D eigenvalue weighted by Crippen LogP contribution is 2.67. The maximum atomic E-state index is 12.9. The van der Waals surface area contributed by atoms with Crippen molar-refractivity contribution in [2.75, 3.05) is 0 Å². The second-order valence-corrected chi connectivity index (χ2v) is 10.4. The average molecular weight is 386 g/mol.